The van der Waals surface area contributed by atoms with Crippen molar-refractivity contribution < 1.29 is 9.13 Å². The number of halogens is 1. The lowest BCUT2D eigenvalue weighted by Crippen LogP contribution is -2.24. The number of benzene rings is 1. The zero-order valence-corrected chi connectivity index (χ0v) is 12.6. The van der Waals surface area contributed by atoms with Crippen LogP contribution in [0.3, 0.4) is 0 Å². The van der Waals surface area contributed by atoms with Crippen LogP contribution in [-0.2, 0) is 11.3 Å². The van der Waals surface area contributed by atoms with Gasteiger partial charge in [-0.05, 0) is 31.9 Å². The molecular formula is C15H21FN2OS. The van der Waals surface area contributed by atoms with Gasteiger partial charge in [-0.25, -0.2) is 4.39 Å². The SMILES string of the molecule is CN(CCOCC1CC1)Cc1cccc(C(N)=S)c1F. The number of nitrogens with two attached hydrogens (primary N) is 1. The molecule has 0 heterocycles. The molecule has 20 heavy (non-hydrogen) atoms. The molecule has 1 fully saturated rings. The summed E-state index contributed by atoms with van der Waals surface area (Å²) in [5.74, 6) is 0.464. The molecule has 0 amide bonds. The molecule has 0 radical (unpaired) electrons. The molecule has 0 unspecified atom stereocenters. The van der Waals surface area contributed by atoms with Crippen LogP contribution in [0.1, 0.15) is 24.0 Å². The number of hydrogen-bond acceptors (Lipinski definition) is 3. The normalized spacial score (nSPS) is 14.8. The van der Waals surface area contributed by atoms with E-state index in [1.165, 1.54) is 12.8 Å². The van der Waals surface area contributed by atoms with Crippen molar-refractivity contribution in [3.8, 4) is 0 Å². The van der Waals surface area contributed by atoms with E-state index >= 15 is 0 Å². The summed E-state index contributed by atoms with van der Waals surface area (Å²) >= 11 is 4.84. The Morgan fingerprint density at radius 2 is 2.25 bits per heavy atom. The van der Waals surface area contributed by atoms with Crippen LogP contribution in [0.4, 0.5) is 4.39 Å². The standard InChI is InChI=1S/C15H21FN2OS/c1-18(7-8-19-10-11-5-6-11)9-12-3-2-4-13(14(12)16)15(17)20/h2-4,11H,5-10H2,1H3,(H2,17,20). The highest BCUT2D eigenvalue weighted by molar-refractivity contribution is 7.80. The maximum Gasteiger partial charge on any atom is 0.137 e. The van der Waals surface area contributed by atoms with Crippen molar-refractivity contribution in [3.05, 3.63) is 35.1 Å². The minimum Gasteiger partial charge on any atom is -0.389 e. The van der Waals surface area contributed by atoms with Crippen LogP contribution in [0.15, 0.2) is 18.2 Å². The molecule has 0 bridgehead atoms. The maximum absolute atomic E-state index is 14.2. The predicted molar refractivity (Wildman–Crippen MR) is 82.2 cm³/mol. The third-order valence-electron chi connectivity index (χ3n) is 3.45. The molecule has 0 spiro atoms. The minimum atomic E-state index is -0.314. The number of nitrogens with zero attached hydrogens (tertiary/aromatic N) is 1. The Bertz CT molecular complexity index is 477. The Balaban J connectivity index is 1.81. The second-order valence-electron chi connectivity index (χ2n) is 5.40. The van der Waals surface area contributed by atoms with Gasteiger partial charge in [0.25, 0.3) is 0 Å². The lowest BCUT2D eigenvalue weighted by atomic mass is 10.1. The smallest absolute Gasteiger partial charge is 0.137 e. The topological polar surface area (TPSA) is 38.5 Å². The fourth-order valence-electron chi connectivity index (χ4n) is 2.02. The molecule has 2 rings (SSSR count). The van der Waals surface area contributed by atoms with Crippen molar-refractivity contribution >= 4 is 17.2 Å². The van der Waals surface area contributed by atoms with Gasteiger partial charge in [0.15, 0.2) is 0 Å². The number of likely N-dealkylation sites (N-methyl/N-ethyl adjacent to an activating group) is 1. The van der Waals surface area contributed by atoms with E-state index in [0.717, 1.165) is 19.1 Å². The second-order valence-corrected chi connectivity index (χ2v) is 5.84. The average molecular weight is 296 g/mol. The fraction of sp³-hybridized carbons (Fsp3) is 0.533. The van der Waals surface area contributed by atoms with Gasteiger partial charge in [0.1, 0.15) is 10.8 Å². The number of hydrogen-bond donors (Lipinski definition) is 1. The minimum absolute atomic E-state index is 0.0970. The van der Waals surface area contributed by atoms with E-state index in [9.17, 15) is 4.39 Å². The van der Waals surface area contributed by atoms with Gasteiger partial charge in [-0.15, -0.1) is 0 Å². The average Bonchev–Trinajstić information content (AvgIpc) is 3.21. The maximum atomic E-state index is 14.2. The highest BCUT2D eigenvalue weighted by Crippen LogP contribution is 2.28. The molecule has 2 N–H and O–H groups in total. The molecule has 5 heteroatoms. The van der Waals surface area contributed by atoms with Crippen LogP contribution in [0.25, 0.3) is 0 Å². The summed E-state index contributed by atoms with van der Waals surface area (Å²) in [5, 5.41) is 0. The van der Waals surface area contributed by atoms with E-state index in [4.69, 9.17) is 22.7 Å². The van der Waals surface area contributed by atoms with E-state index in [1.807, 2.05) is 11.9 Å². The van der Waals surface area contributed by atoms with Crippen LogP contribution in [0.5, 0.6) is 0 Å². The van der Waals surface area contributed by atoms with E-state index in [-0.39, 0.29) is 10.8 Å². The summed E-state index contributed by atoms with van der Waals surface area (Å²) in [6, 6.07) is 5.16. The lowest BCUT2D eigenvalue weighted by Gasteiger charge is -2.18. The molecule has 0 aliphatic heterocycles. The van der Waals surface area contributed by atoms with Crippen molar-refractivity contribution in [2.45, 2.75) is 19.4 Å². The molecule has 0 atom stereocenters. The first kappa shape index (κ1) is 15.4. The van der Waals surface area contributed by atoms with Crippen molar-refractivity contribution in [3.63, 3.8) is 0 Å². The molecule has 3 nitrogen and oxygen atoms in total. The van der Waals surface area contributed by atoms with Crippen LogP contribution < -0.4 is 5.73 Å². The van der Waals surface area contributed by atoms with E-state index < -0.39 is 0 Å². The summed E-state index contributed by atoms with van der Waals surface area (Å²) in [6.07, 6.45) is 2.60. The molecular weight excluding hydrogens is 275 g/mol. The molecule has 1 aromatic carbocycles. The predicted octanol–water partition coefficient (Wildman–Crippen LogP) is 2.32. The first-order valence-corrected chi connectivity index (χ1v) is 7.32. The van der Waals surface area contributed by atoms with E-state index in [1.54, 1.807) is 18.2 Å². The Labute approximate surface area is 124 Å². The van der Waals surface area contributed by atoms with Gasteiger partial charge in [-0.1, -0.05) is 24.4 Å². The molecule has 1 saturated carbocycles. The van der Waals surface area contributed by atoms with Crippen molar-refractivity contribution in [2.75, 3.05) is 26.8 Å². The molecule has 0 aromatic heterocycles. The summed E-state index contributed by atoms with van der Waals surface area (Å²) in [4.78, 5) is 2.13. The van der Waals surface area contributed by atoms with E-state index in [0.29, 0.717) is 24.3 Å². The number of thiocarbonyl (C=S) groups is 1. The lowest BCUT2D eigenvalue weighted by molar-refractivity contribution is 0.101. The first-order valence-electron chi connectivity index (χ1n) is 6.91. The zero-order chi connectivity index (χ0) is 14.5. The summed E-state index contributed by atoms with van der Waals surface area (Å²) in [6.45, 7) is 2.85. The van der Waals surface area contributed by atoms with Gasteiger partial charge < -0.3 is 10.5 Å². The Hall–Kier alpha value is -1.04. The van der Waals surface area contributed by atoms with Gasteiger partial charge >= 0.3 is 0 Å². The Kier molecular flexibility index (Phi) is 5.46. The highest BCUT2D eigenvalue weighted by Gasteiger charge is 2.21. The van der Waals surface area contributed by atoms with E-state index in [2.05, 4.69) is 0 Å². The van der Waals surface area contributed by atoms with Crippen LogP contribution in [0.2, 0.25) is 0 Å². The van der Waals surface area contributed by atoms with Crippen molar-refractivity contribution in [2.24, 2.45) is 11.7 Å². The molecule has 110 valence electrons. The van der Waals surface area contributed by atoms with Gasteiger partial charge in [0, 0.05) is 30.8 Å². The Morgan fingerprint density at radius 3 is 2.90 bits per heavy atom. The fourth-order valence-corrected chi connectivity index (χ4v) is 2.17. The van der Waals surface area contributed by atoms with Crippen LogP contribution in [0, 0.1) is 11.7 Å². The summed E-state index contributed by atoms with van der Waals surface area (Å²) in [7, 11) is 1.95. The molecule has 1 aliphatic carbocycles. The largest absolute Gasteiger partial charge is 0.389 e. The summed E-state index contributed by atoms with van der Waals surface area (Å²) in [5.41, 5.74) is 6.43. The van der Waals surface area contributed by atoms with Crippen molar-refractivity contribution in [1.29, 1.82) is 0 Å². The quantitative estimate of drug-likeness (QED) is 0.590. The van der Waals surface area contributed by atoms with Crippen molar-refractivity contribution in [1.82, 2.24) is 4.90 Å². The van der Waals surface area contributed by atoms with Crippen LogP contribution in [-0.4, -0.2) is 36.7 Å². The second kappa shape index (κ2) is 7.11. The third kappa shape index (κ3) is 4.51. The van der Waals surface area contributed by atoms with Gasteiger partial charge in [0.05, 0.1) is 6.61 Å². The number of ether oxygens (including phenoxy) is 1. The Morgan fingerprint density at radius 1 is 1.50 bits per heavy atom. The molecule has 1 aromatic rings. The highest BCUT2D eigenvalue weighted by atomic mass is 32.1. The molecule has 0 saturated heterocycles. The third-order valence-corrected chi connectivity index (χ3v) is 3.67. The summed E-state index contributed by atoms with van der Waals surface area (Å²) < 4.78 is 19.7. The zero-order valence-electron chi connectivity index (χ0n) is 11.8. The first-order chi connectivity index (χ1) is 9.58. The monoisotopic (exact) mass is 296 g/mol. The number of rotatable bonds is 8. The van der Waals surface area contributed by atoms with Gasteiger partial charge in [0.2, 0.25) is 0 Å². The molecule has 1 aliphatic rings. The van der Waals surface area contributed by atoms with Gasteiger partial charge in [-0.2, -0.15) is 0 Å². The van der Waals surface area contributed by atoms with Crippen LogP contribution >= 0.6 is 12.2 Å². The van der Waals surface area contributed by atoms with Gasteiger partial charge in [-0.3, -0.25) is 4.90 Å².